The van der Waals surface area contributed by atoms with Crippen LogP contribution in [-0.4, -0.2) is 62.5 Å². The van der Waals surface area contributed by atoms with Gasteiger partial charge in [-0.1, -0.05) is 30.3 Å². The molecular weight excluding hydrogens is 480 g/mol. The molecule has 0 atom stereocenters. The van der Waals surface area contributed by atoms with Crippen LogP contribution in [0.25, 0.3) is 33.6 Å². The number of nitrogens with zero attached hydrogens (tertiary/aromatic N) is 5. The number of rotatable bonds is 7. The maximum Gasteiger partial charge on any atom is 0.127 e. The molecule has 39 heavy (non-hydrogen) atoms. The first-order valence-corrected chi connectivity index (χ1v) is 14.0. The highest BCUT2D eigenvalue weighted by molar-refractivity contribution is 5.76. The Morgan fingerprint density at radius 2 is 1.51 bits per heavy atom. The molecule has 0 saturated carbocycles. The van der Waals surface area contributed by atoms with Crippen LogP contribution in [0.3, 0.4) is 0 Å². The summed E-state index contributed by atoms with van der Waals surface area (Å²) >= 11 is 0. The molecule has 202 valence electrons. The number of nitrogens with one attached hydrogen (secondary N) is 1. The molecule has 1 N–H and O–H groups in total. The number of anilines is 1. The van der Waals surface area contributed by atoms with E-state index in [0.29, 0.717) is 6.04 Å². The molecule has 4 heterocycles. The quantitative estimate of drug-likeness (QED) is 0.296. The van der Waals surface area contributed by atoms with Crippen LogP contribution in [-0.2, 0) is 6.54 Å². The predicted octanol–water partition coefficient (Wildman–Crippen LogP) is 6.61. The molecule has 0 aliphatic carbocycles. The van der Waals surface area contributed by atoms with E-state index in [9.17, 15) is 0 Å². The van der Waals surface area contributed by atoms with Crippen LogP contribution in [0.4, 0.5) is 5.82 Å². The van der Waals surface area contributed by atoms with Crippen molar-refractivity contribution in [3.63, 3.8) is 0 Å². The average molecular weight is 521 g/mol. The van der Waals surface area contributed by atoms with E-state index in [2.05, 4.69) is 102 Å². The third-order valence-corrected chi connectivity index (χ3v) is 7.16. The van der Waals surface area contributed by atoms with Crippen LogP contribution in [0.5, 0.6) is 0 Å². The maximum atomic E-state index is 4.86. The number of hydrogen-bond acceptors (Lipinski definition) is 6. The number of benzene rings is 1. The zero-order valence-electron chi connectivity index (χ0n) is 23.9. The first-order chi connectivity index (χ1) is 18.7. The largest absolute Gasteiger partial charge is 0.365 e. The van der Waals surface area contributed by atoms with E-state index in [1.165, 1.54) is 11.1 Å². The zero-order chi connectivity index (χ0) is 27.4. The summed E-state index contributed by atoms with van der Waals surface area (Å²) in [5.74, 6) is 0.824. The third-order valence-electron chi connectivity index (χ3n) is 7.16. The van der Waals surface area contributed by atoms with Crippen molar-refractivity contribution >= 4 is 5.82 Å². The monoisotopic (exact) mass is 520 g/mol. The van der Waals surface area contributed by atoms with Gasteiger partial charge in [0.15, 0.2) is 0 Å². The van der Waals surface area contributed by atoms with Gasteiger partial charge < -0.3 is 5.32 Å². The molecule has 0 spiro atoms. The van der Waals surface area contributed by atoms with Crippen molar-refractivity contribution in [3.05, 3.63) is 84.8 Å². The van der Waals surface area contributed by atoms with Gasteiger partial charge in [0.1, 0.15) is 5.82 Å². The van der Waals surface area contributed by atoms with E-state index in [1.807, 2.05) is 30.6 Å². The molecule has 0 unspecified atom stereocenters. The lowest BCUT2D eigenvalue weighted by atomic mass is 10.00. The summed E-state index contributed by atoms with van der Waals surface area (Å²) in [5, 5.41) is 3.53. The molecule has 1 aromatic carbocycles. The molecule has 6 heteroatoms. The minimum absolute atomic E-state index is 0.114. The standard InChI is InChI=1S/C33H40N6/c1-24(2)39-16-14-38(15-17-39)23-25-9-11-26(12-10-25)28-18-29(22-34-21-28)27-19-31(30-8-6-7-13-35-30)36-32(20-27)37-33(3,4)5/h6-13,18-22,24H,14-17,23H2,1-5H3,(H,36,37). The van der Waals surface area contributed by atoms with E-state index in [1.54, 1.807) is 6.20 Å². The van der Waals surface area contributed by atoms with Gasteiger partial charge in [0, 0.05) is 74.0 Å². The average Bonchev–Trinajstić information content (AvgIpc) is 2.93. The van der Waals surface area contributed by atoms with E-state index in [-0.39, 0.29) is 5.54 Å². The summed E-state index contributed by atoms with van der Waals surface area (Å²) in [4.78, 5) is 19.1. The Labute approximate surface area is 233 Å². The summed E-state index contributed by atoms with van der Waals surface area (Å²) in [6.07, 6.45) is 5.67. The fraction of sp³-hybridized carbons (Fsp3) is 0.364. The Morgan fingerprint density at radius 3 is 2.15 bits per heavy atom. The SMILES string of the molecule is CC(C)N1CCN(Cc2ccc(-c3cncc(-c4cc(NC(C)(C)C)nc(-c5ccccn5)c4)c3)cc2)CC1. The van der Waals surface area contributed by atoms with Gasteiger partial charge in [-0.25, -0.2) is 4.98 Å². The molecule has 1 saturated heterocycles. The smallest absolute Gasteiger partial charge is 0.127 e. The van der Waals surface area contributed by atoms with Gasteiger partial charge in [-0.3, -0.25) is 19.8 Å². The normalized spacial score (nSPS) is 15.0. The molecule has 6 nitrogen and oxygen atoms in total. The van der Waals surface area contributed by atoms with Crippen LogP contribution in [0.15, 0.2) is 79.3 Å². The van der Waals surface area contributed by atoms with Crippen molar-refractivity contribution in [1.82, 2.24) is 24.8 Å². The second kappa shape index (κ2) is 11.6. The second-order valence-corrected chi connectivity index (χ2v) is 11.8. The lowest BCUT2D eigenvalue weighted by molar-refractivity contribution is 0.104. The van der Waals surface area contributed by atoms with E-state index in [4.69, 9.17) is 4.98 Å². The Balaban J connectivity index is 1.37. The van der Waals surface area contributed by atoms with Crippen LogP contribution < -0.4 is 5.32 Å². The van der Waals surface area contributed by atoms with Crippen molar-refractivity contribution in [2.45, 2.75) is 52.7 Å². The Hall–Kier alpha value is -3.61. The Bertz CT molecular complexity index is 1370. The van der Waals surface area contributed by atoms with Gasteiger partial charge >= 0.3 is 0 Å². The highest BCUT2D eigenvalue weighted by atomic mass is 15.3. The van der Waals surface area contributed by atoms with Crippen molar-refractivity contribution in [1.29, 1.82) is 0 Å². The number of pyridine rings is 3. The molecule has 1 fully saturated rings. The Kier molecular flexibility index (Phi) is 8.05. The van der Waals surface area contributed by atoms with Gasteiger partial charge in [0.2, 0.25) is 0 Å². The van der Waals surface area contributed by atoms with Gasteiger partial charge in [0.05, 0.1) is 11.4 Å². The third kappa shape index (κ3) is 7.08. The lowest BCUT2D eigenvalue weighted by Gasteiger charge is -2.36. The summed E-state index contributed by atoms with van der Waals surface area (Å²) < 4.78 is 0. The Morgan fingerprint density at radius 1 is 0.795 bits per heavy atom. The number of piperazine rings is 1. The molecule has 5 rings (SSSR count). The summed E-state index contributed by atoms with van der Waals surface area (Å²) in [6, 6.07) is 21.9. The second-order valence-electron chi connectivity index (χ2n) is 11.8. The van der Waals surface area contributed by atoms with Gasteiger partial charge in [-0.15, -0.1) is 0 Å². The molecule has 1 aliphatic heterocycles. The van der Waals surface area contributed by atoms with E-state index in [0.717, 1.165) is 66.6 Å². The van der Waals surface area contributed by atoms with Crippen molar-refractivity contribution in [2.75, 3.05) is 31.5 Å². The molecule has 3 aromatic heterocycles. The van der Waals surface area contributed by atoms with Gasteiger partial charge in [0.25, 0.3) is 0 Å². The maximum absolute atomic E-state index is 4.86. The predicted molar refractivity (Wildman–Crippen MR) is 161 cm³/mol. The number of aromatic nitrogens is 3. The molecular formula is C33H40N6. The molecule has 0 bridgehead atoms. The van der Waals surface area contributed by atoms with E-state index >= 15 is 0 Å². The molecule has 1 aliphatic rings. The van der Waals surface area contributed by atoms with Gasteiger partial charge in [-0.2, -0.15) is 0 Å². The fourth-order valence-corrected chi connectivity index (χ4v) is 5.05. The van der Waals surface area contributed by atoms with Crippen molar-refractivity contribution in [2.24, 2.45) is 0 Å². The van der Waals surface area contributed by atoms with Crippen molar-refractivity contribution in [3.8, 4) is 33.6 Å². The highest BCUT2D eigenvalue weighted by Gasteiger charge is 2.19. The first-order valence-electron chi connectivity index (χ1n) is 14.0. The van der Waals surface area contributed by atoms with Crippen LogP contribution in [0, 0.1) is 0 Å². The lowest BCUT2D eigenvalue weighted by Crippen LogP contribution is -2.48. The topological polar surface area (TPSA) is 57.2 Å². The molecule has 0 amide bonds. The van der Waals surface area contributed by atoms with Crippen LogP contribution in [0.2, 0.25) is 0 Å². The van der Waals surface area contributed by atoms with E-state index < -0.39 is 0 Å². The zero-order valence-corrected chi connectivity index (χ0v) is 23.9. The van der Waals surface area contributed by atoms with Gasteiger partial charge in [-0.05, 0) is 81.6 Å². The van der Waals surface area contributed by atoms with Crippen LogP contribution in [0.1, 0.15) is 40.2 Å². The highest BCUT2D eigenvalue weighted by Crippen LogP contribution is 2.30. The fourth-order valence-electron chi connectivity index (χ4n) is 5.05. The summed E-state index contributed by atoms with van der Waals surface area (Å²) in [5.41, 5.74) is 7.31. The minimum Gasteiger partial charge on any atom is -0.365 e. The summed E-state index contributed by atoms with van der Waals surface area (Å²) in [7, 11) is 0. The number of hydrogen-bond donors (Lipinski definition) is 1. The minimum atomic E-state index is -0.114. The van der Waals surface area contributed by atoms with Crippen molar-refractivity contribution < 1.29 is 0 Å². The van der Waals surface area contributed by atoms with Crippen LogP contribution >= 0.6 is 0 Å². The first kappa shape index (κ1) is 27.0. The molecule has 4 aromatic rings. The summed E-state index contributed by atoms with van der Waals surface area (Å²) in [6.45, 7) is 16.5. The molecule has 0 radical (unpaired) electrons.